The number of carbonyl (C=O) groups excluding carboxylic acids is 1. The van der Waals surface area contributed by atoms with Crippen LogP contribution in [0.15, 0.2) is 18.2 Å². The first-order valence-electron chi connectivity index (χ1n) is 12.8. The highest BCUT2D eigenvalue weighted by atomic mass is 32.2. The van der Waals surface area contributed by atoms with Crippen LogP contribution in [0.5, 0.6) is 5.75 Å². The Kier molecular flexibility index (Phi) is 10.1. The van der Waals surface area contributed by atoms with Crippen LogP contribution in [-0.4, -0.2) is 93.4 Å². The molecule has 3 atom stereocenters. The molecule has 2 aliphatic heterocycles. The van der Waals surface area contributed by atoms with Crippen molar-refractivity contribution in [3.05, 3.63) is 29.3 Å². The molecule has 202 valence electrons. The Labute approximate surface area is 214 Å². The van der Waals surface area contributed by atoms with E-state index >= 15 is 0 Å². The van der Waals surface area contributed by atoms with Crippen LogP contribution in [0, 0.1) is 5.92 Å². The first-order chi connectivity index (χ1) is 17.1. The number of rotatable bonds is 14. The van der Waals surface area contributed by atoms with E-state index in [0.29, 0.717) is 45.6 Å². The summed E-state index contributed by atoms with van der Waals surface area (Å²) in [6.45, 7) is 4.99. The fraction of sp³-hybridized carbons (Fsp3) is 0.680. The number of nitrogens with zero attached hydrogens (tertiary/aromatic N) is 2. The summed E-state index contributed by atoms with van der Waals surface area (Å²) in [6.07, 6.45) is 4.70. The molecular weight excluding hydrogens is 484 g/mol. The van der Waals surface area contributed by atoms with E-state index in [2.05, 4.69) is 11.6 Å². The maximum Gasteiger partial charge on any atom is 0.308 e. The van der Waals surface area contributed by atoms with Crippen LogP contribution < -0.4 is 15.2 Å². The van der Waals surface area contributed by atoms with Crippen LogP contribution in [0.25, 0.3) is 0 Å². The zero-order valence-electron chi connectivity index (χ0n) is 21.3. The topological polar surface area (TPSA) is 142 Å². The van der Waals surface area contributed by atoms with Crippen molar-refractivity contribution in [1.82, 2.24) is 14.5 Å². The lowest BCUT2D eigenvalue weighted by atomic mass is 9.83. The second kappa shape index (κ2) is 12.8. The van der Waals surface area contributed by atoms with Gasteiger partial charge in [-0.05, 0) is 43.0 Å². The number of ether oxygens (including phenoxy) is 1. The second-order valence-corrected chi connectivity index (χ2v) is 11.6. The highest BCUT2D eigenvalue weighted by Crippen LogP contribution is 2.41. The lowest BCUT2D eigenvalue weighted by Gasteiger charge is -2.29. The zero-order valence-corrected chi connectivity index (χ0v) is 22.1. The summed E-state index contributed by atoms with van der Waals surface area (Å²) in [4.78, 5) is 29.6. The Balaban J connectivity index is 1.85. The van der Waals surface area contributed by atoms with Gasteiger partial charge in [0.15, 0.2) is 0 Å². The van der Waals surface area contributed by atoms with E-state index in [-0.39, 0.29) is 24.9 Å². The normalized spacial score (nSPS) is 21.8. The molecule has 3 rings (SSSR count). The molecule has 3 unspecified atom stereocenters. The van der Waals surface area contributed by atoms with Gasteiger partial charge in [-0.25, -0.2) is 13.1 Å². The number of nitrogens with one attached hydrogen (secondary N) is 1. The molecule has 0 saturated carbocycles. The molecule has 1 aromatic carbocycles. The number of hydrogen-bond acceptors (Lipinski definition) is 7. The van der Waals surface area contributed by atoms with Crippen LogP contribution in [0.3, 0.4) is 0 Å². The van der Waals surface area contributed by atoms with Gasteiger partial charge in [0.05, 0.1) is 25.3 Å². The van der Waals surface area contributed by atoms with Crippen LogP contribution in [0.2, 0.25) is 0 Å². The van der Waals surface area contributed by atoms with Crippen molar-refractivity contribution in [1.29, 1.82) is 0 Å². The first kappa shape index (κ1) is 28.4. The standard InChI is InChI=1S/C25H40N4O6S/c1-3-4-12-28(13-5-10-26)23(30)17-29-16-20(18-6-7-22-19(15-18)9-14-35-22)24(25(31)32)21(29)8-11-27-36(2,33)34/h6-7,15,20-21,24,27H,3-5,8-14,16-17,26H2,1-2H3,(H,31,32). The number of sulfonamides is 1. The van der Waals surface area contributed by atoms with Crippen molar-refractivity contribution in [2.24, 2.45) is 11.7 Å². The quantitative estimate of drug-likeness (QED) is 0.327. The number of likely N-dealkylation sites (tertiary alicyclic amines) is 1. The average Bonchev–Trinajstić information content (AvgIpc) is 3.42. The summed E-state index contributed by atoms with van der Waals surface area (Å²) >= 11 is 0. The Bertz CT molecular complexity index is 1010. The van der Waals surface area contributed by atoms with E-state index in [9.17, 15) is 23.1 Å². The van der Waals surface area contributed by atoms with Gasteiger partial charge in [0.2, 0.25) is 15.9 Å². The molecule has 0 bridgehead atoms. The van der Waals surface area contributed by atoms with Gasteiger partial charge < -0.3 is 20.5 Å². The number of fused-ring (bicyclic) bond motifs is 1. The molecule has 0 aromatic heterocycles. The number of aliphatic carboxylic acids is 1. The summed E-state index contributed by atoms with van der Waals surface area (Å²) in [5, 5.41) is 10.3. The predicted octanol–water partition coefficient (Wildman–Crippen LogP) is 1.01. The van der Waals surface area contributed by atoms with Crippen molar-refractivity contribution < 1.29 is 27.9 Å². The Morgan fingerprint density at radius 1 is 1.28 bits per heavy atom. The summed E-state index contributed by atoms with van der Waals surface area (Å²) in [6, 6.07) is 5.34. The summed E-state index contributed by atoms with van der Waals surface area (Å²) < 4.78 is 31.4. The molecular formula is C25H40N4O6S. The smallest absolute Gasteiger partial charge is 0.308 e. The SMILES string of the molecule is CCCCN(CCCN)C(=O)CN1CC(c2ccc3c(c2)CCO3)C(C(=O)O)C1CCNS(C)(=O)=O. The molecule has 0 radical (unpaired) electrons. The van der Waals surface area contributed by atoms with Gasteiger partial charge in [-0.3, -0.25) is 14.5 Å². The van der Waals surface area contributed by atoms with Gasteiger partial charge in [-0.1, -0.05) is 25.5 Å². The minimum absolute atomic E-state index is 0.0508. The highest BCUT2D eigenvalue weighted by Gasteiger charge is 2.47. The maximum absolute atomic E-state index is 13.3. The molecule has 1 saturated heterocycles. The fourth-order valence-electron chi connectivity index (χ4n) is 5.29. The molecule has 4 N–H and O–H groups in total. The van der Waals surface area contributed by atoms with E-state index < -0.39 is 28.0 Å². The molecule has 11 heteroatoms. The van der Waals surface area contributed by atoms with Gasteiger partial charge in [0.1, 0.15) is 5.75 Å². The largest absolute Gasteiger partial charge is 0.493 e. The summed E-state index contributed by atoms with van der Waals surface area (Å²) in [5.74, 6) is -1.26. The molecule has 36 heavy (non-hydrogen) atoms. The van der Waals surface area contributed by atoms with Crippen molar-refractivity contribution in [3.63, 3.8) is 0 Å². The van der Waals surface area contributed by atoms with Gasteiger partial charge in [-0.2, -0.15) is 0 Å². The average molecular weight is 525 g/mol. The lowest BCUT2D eigenvalue weighted by molar-refractivity contribution is -0.143. The molecule has 1 aromatic rings. The van der Waals surface area contributed by atoms with E-state index in [1.807, 2.05) is 28.0 Å². The third kappa shape index (κ3) is 7.41. The number of benzene rings is 1. The number of carboxylic acids is 1. The minimum Gasteiger partial charge on any atom is -0.493 e. The number of carboxylic acid groups (broad SMARTS) is 1. The minimum atomic E-state index is -3.42. The number of carbonyl (C=O) groups is 2. The lowest BCUT2D eigenvalue weighted by Crippen LogP contribution is -2.45. The molecule has 0 aliphatic carbocycles. The molecule has 2 heterocycles. The third-order valence-corrected chi connectivity index (χ3v) is 7.81. The van der Waals surface area contributed by atoms with E-state index in [1.54, 1.807) is 0 Å². The van der Waals surface area contributed by atoms with Crippen LogP contribution in [-0.2, 0) is 26.0 Å². The van der Waals surface area contributed by atoms with Crippen LogP contribution >= 0.6 is 0 Å². The second-order valence-electron chi connectivity index (χ2n) is 9.76. The molecule has 10 nitrogen and oxygen atoms in total. The molecule has 1 amide bonds. The van der Waals surface area contributed by atoms with Gasteiger partial charge >= 0.3 is 5.97 Å². The van der Waals surface area contributed by atoms with Crippen LogP contribution in [0.1, 0.15) is 49.7 Å². The first-order valence-corrected chi connectivity index (χ1v) is 14.7. The van der Waals surface area contributed by atoms with E-state index in [1.165, 1.54) is 0 Å². The van der Waals surface area contributed by atoms with Crippen molar-refractivity contribution in [2.45, 2.75) is 51.0 Å². The Morgan fingerprint density at radius 2 is 2.03 bits per heavy atom. The summed E-state index contributed by atoms with van der Waals surface area (Å²) in [5.41, 5.74) is 7.65. The maximum atomic E-state index is 13.3. The Hall–Kier alpha value is -2.21. The Morgan fingerprint density at radius 3 is 2.69 bits per heavy atom. The van der Waals surface area contributed by atoms with Crippen LogP contribution in [0.4, 0.5) is 0 Å². The molecule has 1 fully saturated rings. The van der Waals surface area contributed by atoms with Gasteiger partial charge in [-0.15, -0.1) is 0 Å². The molecule has 2 aliphatic rings. The highest BCUT2D eigenvalue weighted by molar-refractivity contribution is 7.88. The van der Waals surface area contributed by atoms with E-state index in [4.69, 9.17) is 10.5 Å². The monoisotopic (exact) mass is 524 g/mol. The molecule has 0 spiro atoms. The third-order valence-electron chi connectivity index (χ3n) is 7.08. The number of hydrogen-bond donors (Lipinski definition) is 3. The number of unbranched alkanes of at least 4 members (excludes halogenated alkanes) is 1. The van der Waals surface area contributed by atoms with Gasteiger partial charge in [0.25, 0.3) is 0 Å². The summed E-state index contributed by atoms with van der Waals surface area (Å²) in [7, 11) is -3.42. The predicted molar refractivity (Wildman–Crippen MR) is 137 cm³/mol. The van der Waals surface area contributed by atoms with Crippen molar-refractivity contribution in [3.8, 4) is 5.75 Å². The number of amides is 1. The van der Waals surface area contributed by atoms with Gasteiger partial charge in [0, 0.05) is 44.6 Å². The van der Waals surface area contributed by atoms with E-state index in [0.717, 1.165) is 42.4 Å². The zero-order chi connectivity index (χ0) is 26.3. The fourth-order valence-corrected chi connectivity index (χ4v) is 5.77. The van der Waals surface area contributed by atoms with Crippen molar-refractivity contribution in [2.75, 3.05) is 52.1 Å². The number of nitrogens with two attached hydrogens (primary N) is 1. The van der Waals surface area contributed by atoms with Crippen molar-refractivity contribution >= 4 is 21.9 Å².